The number of hydrazone groups is 1. The molecule has 1 unspecified atom stereocenters. The second-order valence-electron chi connectivity index (χ2n) is 5.67. The zero-order valence-corrected chi connectivity index (χ0v) is 12.6. The van der Waals surface area contributed by atoms with Crippen molar-refractivity contribution in [3.63, 3.8) is 0 Å². The van der Waals surface area contributed by atoms with Gasteiger partial charge in [0, 0.05) is 35.9 Å². The summed E-state index contributed by atoms with van der Waals surface area (Å²) < 4.78 is 0. The lowest BCUT2D eigenvalue weighted by Gasteiger charge is -2.19. The molecule has 0 spiro atoms. The first-order chi connectivity index (χ1) is 11.2. The zero-order valence-electron chi connectivity index (χ0n) is 12.6. The van der Waals surface area contributed by atoms with Crippen LogP contribution < -0.4 is 5.43 Å². The summed E-state index contributed by atoms with van der Waals surface area (Å²) in [6.45, 7) is 2.01. The molecule has 0 fully saturated rings. The number of nitrogens with one attached hydrogen (secondary N) is 2. The standard InChI is InChI=1S/C17H15N5O/c1-10-8-14(23)21-22-15(10)12-5-2-6-13-16(12)20-17(19-13)11-4-3-7-18-9-11/h2-7,9-10H,8H2,1H3,(H,19,20)(H,21,23). The molecule has 6 heteroatoms. The van der Waals surface area contributed by atoms with Crippen LogP contribution in [0.15, 0.2) is 47.8 Å². The third kappa shape index (κ3) is 2.38. The van der Waals surface area contributed by atoms with E-state index in [9.17, 15) is 4.79 Å². The molecule has 2 aromatic heterocycles. The maximum atomic E-state index is 11.5. The van der Waals surface area contributed by atoms with Gasteiger partial charge in [-0.1, -0.05) is 19.1 Å². The summed E-state index contributed by atoms with van der Waals surface area (Å²) in [5.74, 6) is 0.785. The summed E-state index contributed by atoms with van der Waals surface area (Å²) in [6.07, 6.45) is 3.95. The van der Waals surface area contributed by atoms with Crippen LogP contribution in [0.1, 0.15) is 18.9 Å². The summed E-state index contributed by atoms with van der Waals surface area (Å²) in [5, 5.41) is 4.24. The number of hydrogen-bond donors (Lipinski definition) is 2. The molecule has 23 heavy (non-hydrogen) atoms. The van der Waals surface area contributed by atoms with E-state index < -0.39 is 0 Å². The van der Waals surface area contributed by atoms with Crippen LogP contribution in [0.2, 0.25) is 0 Å². The number of nitrogens with zero attached hydrogens (tertiary/aromatic N) is 3. The van der Waals surface area contributed by atoms with Gasteiger partial charge in [0.2, 0.25) is 5.91 Å². The highest BCUT2D eigenvalue weighted by molar-refractivity contribution is 6.12. The molecule has 114 valence electrons. The fraction of sp³-hybridized carbons (Fsp3) is 0.176. The molecule has 0 radical (unpaired) electrons. The van der Waals surface area contributed by atoms with E-state index in [4.69, 9.17) is 4.98 Å². The van der Waals surface area contributed by atoms with Crippen LogP contribution in [0.3, 0.4) is 0 Å². The van der Waals surface area contributed by atoms with Crippen molar-refractivity contribution in [3.8, 4) is 11.4 Å². The molecule has 1 aromatic carbocycles. The van der Waals surface area contributed by atoms with Crippen LogP contribution in [0.25, 0.3) is 22.4 Å². The summed E-state index contributed by atoms with van der Waals surface area (Å²) in [5.41, 5.74) is 7.10. The van der Waals surface area contributed by atoms with Gasteiger partial charge in [-0.2, -0.15) is 5.10 Å². The van der Waals surface area contributed by atoms with Gasteiger partial charge in [0.25, 0.3) is 0 Å². The van der Waals surface area contributed by atoms with Crippen molar-refractivity contribution >= 4 is 22.7 Å². The van der Waals surface area contributed by atoms with Crippen LogP contribution in [0, 0.1) is 5.92 Å². The normalized spacial score (nSPS) is 17.9. The van der Waals surface area contributed by atoms with Crippen molar-refractivity contribution in [1.29, 1.82) is 0 Å². The molecule has 0 aliphatic carbocycles. The Morgan fingerprint density at radius 2 is 2.13 bits per heavy atom. The first kappa shape index (κ1) is 13.6. The predicted octanol–water partition coefficient (Wildman–Crippen LogP) is 2.49. The smallest absolute Gasteiger partial charge is 0.240 e. The van der Waals surface area contributed by atoms with Crippen molar-refractivity contribution in [2.45, 2.75) is 13.3 Å². The van der Waals surface area contributed by atoms with E-state index in [1.54, 1.807) is 12.4 Å². The SMILES string of the molecule is CC1CC(=O)NN=C1c1cccc2[nH]c(-c3cccnc3)nc12. The van der Waals surface area contributed by atoms with Gasteiger partial charge in [0.05, 0.1) is 16.7 Å². The van der Waals surface area contributed by atoms with E-state index in [1.165, 1.54) is 0 Å². The van der Waals surface area contributed by atoms with Gasteiger partial charge in [-0.15, -0.1) is 0 Å². The maximum Gasteiger partial charge on any atom is 0.240 e. The molecule has 1 amide bonds. The summed E-state index contributed by atoms with van der Waals surface area (Å²) in [4.78, 5) is 23.6. The van der Waals surface area contributed by atoms with Crippen molar-refractivity contribution in [1.82, 2.24) is 20.4 Å². The molecular weight excluding hydrogens is 290 g/mol. The molecule has 4 rings (SSSR count). The lowest BCUT2D eigenvalue weighted by molar-refractivity contribution is -0.121. The van der Waals surface area contributed by atoms with Crippen molar-refractivity contribution in [3.05, 3.63) is 48.3 Å². The third-order valence-electron chi connectivity index (χ3n) is 3.98. The van der Waals surface area contributed by atoms with Crippen LogP contribution >= 0.6 is 0 Å². The number of amides is 1. The third-order valence-corrected chi connectivity index (χ3v) is 3.98. The molecule has 2 N–H and O–H groups in total. The fourth-order valence-electron chi connectivity index (χ4n) is 2.86. The first-order valence-corrected chi connectivity index (χ1v) is 7.48. The molecule has 6 nitrogen and oxygen atoms in total. The Morgan fingerprint density at radius 3 is 2.91 bits per heavy atom. The zero-order chi connectivity index (χ0) is 15.8. The van der Waals surface area contributed by atoms with Crippen molar-refractivity contribution in [2.24, 2.45) is 11.0 Å². The second-order valence-corrected chi connectivity index (χ2v) is 5.67. The van der Waals surface area contributed by atoms with Gasteiger partial charge in [0.15, 0.2) is 0 Å². The quantitative estimate of drug-likeness (QED) is 0.763. The maximum absolute atomic E-state index is 11.5. The minimum Gasteiger partial charge on any atom is -0.338 e. The molecule has 0 bridgehead atoms. The van der Waals surface area contributed by atoms with Crippen LogP contribution in [0.5, 0.6) is 0 Å². The molecule has 0 saturated heterocycles. The summed E-state index contributed by atoms with van der Waals surface area (Å²) >= 11 is 0. The van der Waals surface area contributed by atoms with E-state index in [1.807, 2.05) is 37.3 Å². The van der Waals surface area contributed by atoms with Gasteiger partial charge >= 0.3 is 0 Å². The fourth-order valence-corrected chi connectivity index (χ4v) is 2.86. The topological polar surface area (TPSA) is 83.0 Å². The Balaban J connectivity index is 1.86. The Bertz CT molecular complexity index is 913. The summed E-state index contributed by atoms with van der Waals surface area (Å²) in [6, 6.07) is 9.79. The molecule has 3 aromatic rings. The van der Waals surface area contributed by atoms with Gasteiger partial charge in [-0.25, -0.2) is 10.4 Å². The minimum atomic E-state index is -0.0495. The summed E-state index contributed by atoms with van der Waals surface area (Å²) in [7, 11) is 0. The highest BCUT2D eigenvalue weighted by Gasteiger charge is 2.24. The second kappa shape index (κ2) is 5.31. The van der Waals surface area contributed by atoms with Crippen LogP contribution in [0.4, 0.5) is 0 Å². The Kier molecular flexibility index (Phi) is 3.15. The molecule has 1 atom stereocenters. The number of fused-ring (bicyclic) bond motifs is 1. The number of aromatic nitrogens is 3. The average molecular weight is 305 g/mol. The Hall–Kier alpha value is -3.02. The van der Waals surface area contributed by atoms with Gasteiger partial charge in [0.1, 0.15) is 5.82 Å². The van der Waals surface area contributed by atoms with E-state index in [0.717, 1.165) is 33.7 Å². The number of para-hydroxylation sites is 1. The van der Waals surface area contributed by atoms with Gasteiger partial charge in [-0.05, 0) is 18.2 Å². The highest BCUT2D eigenvalue weighted by atomic mass is 16.2. The average Bonchev–Trinajstić information content (AvgIpc) is 3.00. The molecule has 3 heterocycles. The number of pyridine rings is 1. The number of benzene rings is 1. The van der Waals surface area contributed by atoms with E-state index in [2.05, 4.69) is 20.5 Å². The van der Waals surface area contributed by atoms with Crippen LogP contribution in [-0.4, -0.2) is 26.6 Å². The lowest BCUT2D eigenvalue weighted by Crippen LogP contribution is -2.32. The van der Waals surface area contributed by atoms with Crippen molar-refractivity contribution in [2.75, 3.05) is 0 Å². The molecule has 1 aliphatic heterocycles. The number of carbonyl (C=O) groups excluding carboxylic acids is 1. The van der Waals surface area contributed by atoms with Gasteiger partial charge < -0.3 is 4.98 Å². The number of hydrogen-bond acceptors (Lipinski definition) is 4. The molecule has 0 saturated carbocycles. The molecular formula is C17H15N5O. The Morgan fingerprint density at radius 1 is 1.22 bits per heavy atom. The van der Waals surface area contributed by atoms with Crippen molar-refractivity contribution < 1.29 is 4.79 Å². The van der Waals surface area contributed by atoms with E-state index in [0.29, 0.717) is 6.42 Å². The minimum absolute atomic E-state index is 0.0495. The lowest BCUT2D eigenvalue weighted by atomic mass is 9.93. The van der Waals surface area contributed by atoms with Gasteiger partial charge in [-0.3, -0.25) is 9.78 Å². The number of carbonyl (C=O) groups is 1. The number of imidazole rings is 1. The van der Waals surface area contributed by atoms with Crippen LogP contribution in [-0.2, 0) is 4.79 Å². The Labute approximate surface area is 132 Å². The highest BCUT2D eigenvalue weighted by Crippen LogP contribution is 2.26. The number of H-pyrrole nitrogens is 1. The first-order valence-electron chi connectivity index (χ1n) is 7.48. The number of rotatable bonds is 2. The van der Waals surface area contributed by atoms with E-state index in [-0.39, 0.29) is 11.8 Å². The largest absolute Gasteiger partial charge is 0.338 e. The number of aromatic amines is 1. The molecule has 1 aliphatic rings. The predicted molar refractivity (Wildman–Crippen MR) is 87.8 cm³/mol. The monoisotopic (exact) mass is 305 g/mol. The van der Waals surface area contributed by atoms with E-state index >= 15 is 0 Å².